The maximum Gasteiger partial charge on any atom is 0.173 e. The van der Waals surface area contributed by atoms with E-state index in [0.29, 0.717) is 16.1 Å². The Bertz CT molecular complexity index is 866. The number of nitrogens with one attached hydrogen (secondary N) is 1. The summed E-state index contributed by atoms with van der Waals surface area (Å²) in [6.45, 7) is 10.1. The van der Waals surface area contributed by atoms with Crippen molar-refractivity contribution in [1.29, 1.82) is 0 Å². The number of nitrogens with zero attached hydrogens (tertiary/aromatic N) is 2. The van der Waals surface area contributed by atoms with Crippen LogP contribution in [0.4, 0.5) is 0 Å². The quantitative estimate of drug-likeness (QED) is 0.626. The van der Waals surface area contributed by atoms with E-state index in [2.05, 4.69) is 36.7 Å². The second-order valence-corrected chi connectivity index (χ2v) is 8.66. The molecule has 148 valence electrons. The lowest BCUT2D eigenvalue weighted by atomic mass is 10.3. The first kappa shape index (κ1) is 22.2. The molecule has 0 aliphatic heterocycles. The third-order valence-electron chi connectivity index (χ3n) is 3.90. The highest BCUT2D eigenvalue weighted by Gasteiger charge is 2.12. The van der Waals surface area contributed by atoms with Crippen molar-refractivity contribution in [3.63, 3.8) is 0 Å². The summed E-state index contributed by atoms with van der Waals surface area (Å²) in [4.78, 5) is 5.78. The van der Waals surface area contributed by atoms with Crippen molar-refractivity contribution >= 4 is 46.7 Å². The summed E-state index contributed by atoms with van der Waals surface area (Å²) in [7, 11) is 0. The van der Waals surface area contributed by atoms with Gasteiger partial charge in [-0.25, -0.2) is 4.98 Å². The molecule has 0 radical (unpaired) electrons. The Hall–Kier alpha value is -1.14. The van der Waals surface area contributed by atoms with E-state index in [0.717, 1.165) is 52.4 Å². The van der Waals surface area contributed by atoms with Gasteiger partial charge in [0.25, 0.3) is 0 Å². The molecule has 0 spiro atoms. The smallest absolute Gasteiger partial charge is 0.173 e. The second kappa shape index (κ2) is 10.4. The molecular weight excluding hydrogens is 399 g/mol. The van der Waals surface area contributed by atoms with E-state index in [1.54, 1.807) is 17.8 Å². The summed E-state index contributed by atoms with van der Waals surface area (Å²) < 4.78 is 2.25. The number of benzene rings is 1. The van der Waals surface area contributed by atoms with Gasteiger partial charge in [0.15, 0.2) is 5.16 Å². The van der Waals surface area contributed by atoms with Crippen molar-refractivity contribution in [2.24, 2.45) is 5.73 Å². The average Bonchev–Trinajstić information content (AvgIpc) is 2.89. The van der Waals surface area contributed by atoms with Crippen LogP contribution in [0, 0.1) is 0 Å². The predicted octanol–water partition coefficient (Wildman–Crippen LogP) is 4.01. The first-order valence-corrected chi connectivity index (χ1v) is 10.8. The van der Waals surface area contributed by atoms with Gasteiger partial charge in [-0.1, -0.05) is 61.8 Å². The fraction of sp³-hybridized carbons (Fsp3) is 0.450. The molecule has 7 heteroatoms. The molecule has 0 fully saturated rings. The molecule has 0 saturated heterocycles. The van der Waals surface area contributed by atoms with E-state index >= 15 is 0 Å². The fourth-order valence-corrected chi connectivity index (χ4v) is 4.42. The van der Waals surface area contributed by atoms with Crippen LogP contribution < -0.4 is 21.7 Å². The van der Waals surface area contributed by atoms with Crippen molar-refractivity contribution in [2.75, 3.05) is 6.54 Å². The first-order chi connectivity index (χ1) is 12.8. The Morgan fingerprint density at radius 1 is 1.30 bits per heavy atom. The summed E-state index contributed by atoms with van der Waals surface area (Å²) in [6, 6.07) is 6.02. The zero-order chi connectivity index (χ0) is 20.0. The number of hydrogen-bond donors (Lipinski definition) is 2. The van der Waals surface area contributed by atoms with Crippen LogP contribution in [0.25, 0.3) is 11.8 Å². The molecule has 1 heterocycles. The van der Waals surface area contributed by atoms with Gasteiger partial charge in [-0.2, -0.15) is 0 Å². The zero-order valence-electron chi connectivity index (χ0n) is 16.4. The number of hydrogen-bond acceptors (Lipinski definition) is 4. The van der Waals surface area contributed by atoms with Gasteiger partial charge in [-0.05, 0) is 44.5 Å². The predicted molar refractivity (Wildman–Crippen MR) is 118 cm³/mol. The normalized spacial score (nSPS) is 13.5. The molecule has 0 atom stereocenters. The molecule has 4 nitrogen and oxygen atoms in total. The first-order valence-electron chi connectivity index (χ1n) is 9.22. The van der Waals surface area contributed by atoms with Crippen LogP contribution in [0.15, 0.2) is 28.3 Å². The topological polar surface area (TPSA) is 55.9 Å². The van der Waals surface area contributed by atoms with Gasteiger partial charge >= 0.3 is 0 Å². The lowest BCUT2D eigenvalue weighted by Gasteiger charge is -2.11. The van der Waals surface area contributed by atoms with Crippen LogP contribution >= 0.6 is 35.0 Å². The van der Waals surface area contributed by atoms with E-state index in [4.69, 9.17) is 33.9 Å². The van der Waals surface area contributed by atoms with Gasteiger partial charge in [0.05, 0.1) is 5.35 Å². The van der Waals surface area contributed by atoms with E-state index in [1.165, 1.54) is 0 Å². The molecule has 3 N–H and O–H groups in total. The minimum Gasteiger partial charge on any atom is -0.400 e. The summed E-state index contributed by atoms with van der Waals surface area (Å²) >= 11 is 13.9. The zero-order valence-corrected chi connectivity index (χ0v) is 18.7. The molecule has 0 saturated carbocycles. The van der Waals surface area contributed by atoms with E-state index in [1.807, 2.05) is 19.1 Å². The summed E-state index contributed by atoms with van der Waals surface area (Å²) in [5, 5.41) is 7.53. The van der Waals surface area contributed by atoms with Crippen molar-refractivity contribution < 1.29 is 0 Å². The fourth-order valence-electron chi connectivity index (χ4n) is 2.75. The minimum atomic E-state index is 0.479. The highest BCUT2D eigenvalue weighted by atomic mass is 35.5. The van der Waals surface area contributed by atoms with Gasteiger partial charge in [0, 0.05) is 33.2 Å². The Labute approximate surface area is 175 Å². The van der Waals surface area contributed by atoms with Crippen LogP contribution in [0.1, 0.15) is 40.5 Å². The molecule has 0 bridgehead atoms. The Morgan fingerprint density at radius 3 is 2.52 bits per heavy atom. The molecule has 2 aromatic rings. The number of aromatic nitrogens is 2. The number of rotatable bonds is 8. The van der Waals surface area contributed by atoms with E-state index in [-0.39, 0.29) is 0 Å². The van der Waals surface area contributed by atoms with Crippen molar-refractivity contribution in [2.45, 2.75) is 63.2 Å². The van der Waals surface area contributed by atoms with Crippen LogP contribution in [-0.2, 0) is 6.54 Å². The molecule has 0 aliphatic rings. The minimum absolute atomic E-state index is 0.479. The molecule has 0 aliphatic carbocycles. The molecule has 2 rings (SSSR count). The largest absolute Gasteiger partial charge is 0.400 e. The average molecular weight is 427 g/mol. The number of halogens is 2. The van der Waals surface area contributed by atoms with Crippen LogP contribution in [0.2, 0.25) is 10.0 Å². The van der Waals surface area contributed by atoms with Gasteiger partial charge < -0.3 is 15.6 Å². The number of imidazole rings is 1. The molecule has 1 aromatic heterocycles. The Morgan fingerprint density at radius 2 is 1.96 bits per heavy atom. The maximum absolute atomic E-state index is 6.16. The monoisotopic (exact) mass is 426 g/mol. The summed E-state index contributed by atoms with van der Waals surface area (Å²) in [5.74, 6) is 0. The van der Waals surface area contributed by atoms with Gasteiger partial charge in [0.2, 0.25) is 0 Å². The molecule has 0 amide bonds. The van der Waals surface area contributed by atoms with Crippen LogP contribution in [0.5, 0.6) is 0 Å². The Kier molecular flexibility index (Phi) is 8.55. The van der Waals surface area contributed by atoms with Gasteiger partial charge in [-0.3, -0.25) is 0 Å². The molecule has 27 heavy (non-hydrogen) atoms. The van der Waals surface area contributed by atoms with Gasteiger partial charge in [-0.15, -0.1) is 0 Å². The van der Waals surface area contributed by atoms with E-state index in [9.17, 15) is 0 Å². The van der Waals surface area contributed by atoms with Crippen LogP contribution in [0.3, 0.4) is 0 Å². The molecular formula is C20H28Cl2N4S. The highest BCUT2D eigenvalue weighted by molar-refractivity contribution is 7.99. The number of nitrogens with two attached hydrogens (primary N) is 1. The van der Waals surface area contributed by atoms with E-state index < -0.39 is 0 Å². The lowest BCUT2D eigenvalue weighted by Crippen LogP contribution is -2.34. The maximum atomic E-state index is 6.16. The summed E-state index contributed by atoms with van der Waals surface area (Å²) in [6.07, 6.45) is 4.11. The lowest BCUT2D eigenvalue weighted by molar-refractivity contribution is 0.515. The van der Waals surface area contributed by atoms with Crippen molar-refractivity contribution in [3.05, 3.63) is 38.9 Å². The molecule has 1 aromatic carbocycles. The summed E-state index contributed by atoms with van der Waals surface area (Å²) in [5.41, 5.74) is 6.84. The third-order valence-corrected chi connectivity index (χ3v) is 5.30. The highest BCUT2D eigenvalue weighted by Crippen LogP contribution is 2.30. The van der Waals surface area contributed by atoms with Crippen LogP contribution in [-0.4, -0.2) is 22.1 Å². The SMILES string of the molecule is CC/C=c1\c(=C(/C)N)nc(Sc2cc(Cl)cc(Cl)c2)n1CCCNC(C)C. The standard InChI is InChI=1S/C20H28Cl2N4S/c1-5-7-18-19(14(4)23)25-20(26(18)9-6-8-24-13(2)3)27-17-11-15(21)10-16(22)12-17/h7,10-13,24H,5-6,8-9,23H2,1-4H3/b18-7+,19-14-. The second-order valence-electron chi connectivity index (χ2n) is 6.74. The molecule has 0 unspecified atom stereocenters. The third kappa shape index (κ3) is 6.46. The van der Waals surface area contributed by atoms with Gasteiger partial charge in [0.1, 0.15) is 5.35 Å². The Balaban J connectivity index is 2.43. The van der Waals surface area contributed by atoms with Crippen molar-refractivity contribution in [1.82, 2.24) is 14.9 Å². The van der Waals surface area contributed by atoms with Crippen molar-refractivity contribution in [3.8, 4) is 0 Å².